The molecule has 0 aliphatic carbocycles. The fourth-order valence-corrected chi connectivity index (χ4v) is 20.3. The number of thiophene rings is 2. The van der Waals surface area contributed by atoms with Crippen molar-refractivity contribution in [1.29, 1.82) is 0 Å². The van der Waals surface area contributed by atoms with Gasteiger partial charge in [-0.15, -0.1) is 22.7 Å². The molecule has 2 heteroatoms. The lowest BCUT2D eigenvalue weighted by molar-refractivity contribution is 1.63. The van der Waals surface area contributed by atoms with Crippen molar-refractivity contribution >= 4 is 192 Å². The van der Waals surface area contributed by atoms with Crippen LogP contribution in [0.2, 0.25) is 0 Å². The van der Waals surface area contributed by atoms with Gasteiger partial charge in [0.25, 0.3) is 0 Å². The SMILES string of the molecule is c1cc(-c2ccc3ccccc3c2)cc(-c2c3ccccc3c(-c3ccc4sc5c6ccccc6c6ccccc6c5c4c3)c3ccccc23)c1.c1ccc2cc3c(ccc4c(-c5c6ccccc6c(-c6ccc7sc8c9ccccc9c9ccccc9c8c7c6)c6ccccc56)cccc43)cc2c1. The van der Waals surface area contributed by atoms with Crippen molar-refractivity contribution in [2.24, 2.45) is 0 Å². The number of rotatable bonds is 5. The zero-order valence-electron chi connectivity index (χ0n) is 56.5. The molecule has 104 heavy (non-hydrogen) atoms. The average Bonchev–Trinajstić information content (AvgIpc) is 1.18. The van der Waals surface area contributed by atoms with Crippen molar-refractivity contribution in [2.75, 3.05) is 0 Å². The first-order valence-corrected chi connectivity index (χ1v) is 37.6. The van der Waals surface area contributed by atoms with Crippen LogP contribution in [-0.4, -0.2) is 0 Å². The zero-order valence-corrected chi connectivity index (χ0v) is 58.1. The maximum atomic E-state index is 2.47. The summed E-state index contributed by atoms with van der Waals surface area (Å²) in [5.74, 6) is 0. The highest BCUT2D eigenvalue weighted by atomic mass is 32.1. The molecular formula is C102H60S2. The number of hydrogen-bond donors (Lipinski definition) is 0. The molecule has 0 unspecified atom stereocenters. The van der Waals surface area contributed by atoms with Crippen LogP contribution in [0.5, 0.6) is 0 Å². The van der Waals surface area contributed by atoms with E-state index < -0.39 is 0 Å². The molecule has 0 radical (unpaired) electrons. The van der Waals surface area contributed by atoms with Crippen molar-refractivity contribution in [2.45, 2.75) is 0 Å². The molecule has 0 saturated heterocycles. The molecule has 0 fully saturated rings. The molecule has 0 N–H and O–H groups in total. The first-order chi connectivity index (χ1) is 51.6. The highest BCUT2D eigenvalue weighted by molar-refractivity contribution is 7.27. The quantitative estimate of drug-likeness (QED) is 0.119. The summed E-state index contributed by atoms with van der Waals surface area (Å²) in [6.45, 7) is 0. The topological polar surface area (TPSA) is 0 Å². The molecule has 21 aromatic carbocycles. The Morgan fingerprint density at radius 2 is 0.471 bits per heavy atom. The third-order valence-electron chi connectivity index (χ3n) is 22.4. The van der Waals surface area contributed by atoms with Gasteiger partial charge in [-0.05, 0) is 223 Å². The molecule has 23 aromatic rings. The van der Waals surface area contributed by atoms with E-state index in [9.17, 15) is 0 Å². The molecule has 480 valence electrons. The number of benzene rings is 21. The van der Waals surface area contributed by atoms with E-state index in [4.69, 9.17) is 0 Å². The minimum Gasteiger partial charge on any atom is -0.135 e. The number of hydrogen-bond acceptors (Lipinski definition) is 2. The summed E-state index contributed by atoms with van der Waals surface area (Å²) < 4.78 is 5.39. The summed E-state index contributed by atoms with van der Waals surface area (Å²) in [6, 6.07) is 135. The van der Waals surface area contributed by atoms with Gasteiger partial charge < -0.3 is 0 Å². The summed E-state index contributed by atoms with van der Waals surface area (Å²) in [4.78, 5) is 0. The second-order valence-electron chi connectivity index (χ2n) is 27.9. The Hall–Kier alpha value is -12.8. The summed E-state index contributed by atoms with van der Waals surface area (Å²) in [5, 5.41) is 36.4. The fourth-order valence-electron chi connectivity index (χ4n) is 17.8. The largest absolute Gasteiger partial charge is 0.135 e. The van der Waals surface area contributed by atoms with Crippen LogP contribution >= 0.6 is 22.7 Å². The lowest BCUT2D eigenvalue weighted by Gasteiger charge is -2.19. The molecule has 0 spiro atoms. The first-order valence-electron chi connectivity index (χ1n) is 35.9. The molecule has 2 aromatic heterocycles. The van der Waals surface area contributed by atoms with E-state index in [-0.39, 0.29) is 0 Å². The lowest BCUT2D eigenvalue weighted by Crippen LogP contribution is -1.92. The van der Waals surface area contributed by atoms with E-state index in [2.05, 4.69) is 364 Å². The Kier molecular flexibility index (Phi) is 13.2. The molecule has 0 atom stereocenters. The Balaban J connectivity index is 0.000000131. The van der Waals surface area contributed by atoms with Gasteiger partial charge in [0, 0.05) is 51.1 Å². The van der Waals surface area contributed by atoms with Crippen molar-refractivity contribution in [3.8, 4) is 55.6 Å². The highest BCUT2D eigenvalue weighted by Gasteiger charge is 2.24. The van der Waals surface area contributed by atoms with Crippen LogP contribution in [0.4, 0.5) is 0 Å². The average molecular weight is 1350 g/mol. The molecule has 0 bridgehead atoms. The second-order valence-corrected chi connectivity index (χ2v) is 30.0. The van der Waals surface area contributed by atoms with E-state index in [1.165, 1.54) is 225 Å². The molecule has 2 heterocycles. The predicted molar refractivity (Wildman–Crippen MR) is 456 cm³/mol. The van der Waals surface area contributed by atoms with Crippen molar-refractivity contribution in [3.05, 3.63) is 364 Å². The normalized spacial score (nSPS) is 12.0. The maximum Gasteiger partial charge on any atom is 0.0440 e. The van der Waals surface area contributed by atoms with E-state index in [1.807, 2.05) is 22.7 Å². The molecule has 0 saturated carbocycles. The first kappa shape index (κ1) is 58.9. The van der Waals surface area contributed by atoms with E-state index in [0.29, 0.717) is 0 Å². The van der Waals surface area contributed by atoms with E-state index >= 15 is 0 Å². The molecule has 0 aliphatic rings. The second kappa shape index (κ2) is 23.4. The molecular weight excluding hydrogens is 1290 g/mol. The van der Waals surface area contributed by atoms with Gasteiger partial charge in [-0.3, -0.25) is 0 Å². The van der Waals surface area contributed by atoms with Crippen LogP contribution in [0.25, 0.3) is 225 Å². The van der Waals surface area contributed by atoms with Crippen molar-refractivity contribution < 1.29 is 0 Å². The maximum absolute atomic E-state index is 2.47. The third kappa shape index (κ3) is 9.03. The minimum atomic E-state index is 1.23. The number of fused-ring (bicyclic) bond motifs is 25. The Morgan fingerprint density at radius 1 is 0.144 bits per heavy atom. The van der Waals surface area contributed by atoms with Gasteiger partial charge >= 0.3 is 0 Å². The lowest BCUT2D eigenvalue weighted by atomic mass is 9.84. The predicted octanol–water partition coefficient (Wildman–Crippen LogP) is 30.3. The molecule has 0 amide bonds. The fraction of sp³-hybridized carbons (Fsp3) is 0. The summed E-state index contributed by atoms with van der Waals surface area (Å²) in [5.41, 5.74) is 12.6. The monoisotopic (exact) mass is 1350 g/mol. The van der Waals surface area contributed by atoms with Gasteiger partial charge in [0.15, 0.2) is 0 Å². The molecule has 0 nitrogen and oxygen atoms in total. The zero-order chi connectivity index (χ0) is 68.1. The minimum absolute atomic E-state index is 1.23. The van der Waals surface area contributed by atoms with Crippen LogP contribution in [0.3, 0.4) is 0 Å². The summed E-state index contributed by atoms with van der Waals surface area (Å²) in [6.07, 6.45) is 0. The Morgan fingerprint density at radius 3 is 0.962 bits per heavy atom. The van der Waals surface area contributed by atoms with Crippen LogP contribution in [0.15, 0.2) is 364 Å². The summed E-state index contributed by atoms with van der Waals surface area (Å²) >= 11 is 3.84. The van der Waals surface area contributed by atoms with Crippen LogP contribution < -0.4 is 0 Å². The van der Waals surface area contributed by atoms with Gasteiger partial charge in [0.2, 0.25) is 0 Å². The van der Waals surface area contributed by atoms with Gasteiger partial charge in [-0.2, -0.15) is 0 Å². The molecule has 0 aliphatic heterocycles. The third-order valence-corrected chi connectivity index (χ3v) is 24.8. The van der Waals surface area contributed by atoms with Crippen molar-refractivity contribution in [1.82, 2.24) is 0 Å². The van der Waals surface area contributed by atoms with Gasteiger partial charge in [-0.25, -0.2) is 0 Å². The van der Waals surface area contributed by atoms with Crippen LogP contribution in [0, 0.1) is 0 Å². The van der Waals surface area contributed by atoms with E-state index in [1.54, 1.807) is 0 Å². The summed E-state index contributed by atoms with van der Waals surface area (Å²) in [7, 11) is 0. The molecule has 23 rings (SSSR count). The highest BCUT2D eigenvalue weighted by Crippen LogP contribution is 2.52. The van der Waals surface area contributed by atoms with Gasteiger partial charge in [0.1, 0.15) is 0 Å². The smallest absolute Gasteiger partial charge is 0.0440 e. The van der Waals surface area contributed by atoms with Crippen molar-refractivity contribution in [3.63, 3.8) is 0 Å². The van der Waals surface area contributed by atoms with Gasteiger partial charge in [-0.1, -0.05) is 315 Å². The Labute approximate surface area is 607 Å². The standard InChI is InChI=1S/C52H30S.C50H30S/c1-2-13-32-29-46-33(28-31(32)12-1)24-26-38-37(46)22-11-23-39(38)50-43-19-8-6-17-41(43)49(42-18-7-9-20-44(42)50)34-25-27-48-47(30-34)51-40-16-5-3-14-35(40)36-15-4-10-21-45(36)52(51)53-48;1-2-13-32-28-34(25-24-31(32)12-1)33-14-11-15-35(29-33)47-40-19-6-8-21-42(40)48(43-22-9-7-20-41(43)47)36-26-27-46-45(30-36)49-39-18-5-3-16-37(39)38-17-4-10-23-44(38)50(49)51-46/h1-30H;1-30H. The van der Waals surface area contributed by atoms with E-state index in [0.717, 1.165) is 0 Å². The van der Waals surface area contributed by atoms with Crippen LogP contribution in [-0.2, 0) is 0 Å². The Bertz CT molecular complexity index is 7500. The van der Waals surface area contributed by atoms with Gasteiger partial charge in [0.05, 0.1) is 0 Å². The van der Waals surface area contributed by atoms with Crippen LogP contribution in [0.1, 0.15) is 0 Å².